The Morgan fingerprint density at radius 3 is 2.71 bits per heavy atom. The van der Waals surface area contributed by atoms with Crippen LogP contribution in [0.25, 0.3) is 0 Å². The standard InChI is InChI=1S/C18H21N3O3/c22-17-13-20(9-8-19-17)14-18(23)21(12-16-7-4-10-24-16)11-15-5-2-1-3-6-15/h1-7,10H,8-9,11-14H2,(H,19,22). The van der Waals surface area contributed by atoms with Crippen molar-refractivity contribution in [2.75, 3.05) is 26.2 Å². The molecule has 0 aliphatic carbocycles. The summed E-state index contributed by atoms with van der Waals surface area (Å²) in [5.74, 6) is 0.704. The molecule has 0 spiro atoms. The lowest BCUT2D eigenvalue weighted by molar-refractivity contribution is -0.135. The summed E-state index contributed by atoms with van der Waals surface area (Å²) < 4.78 is 5.39. The molecular formula is C18H21N3O3. The first kappa shape index (κ1) is 16.3. The highest BCUT2D eigenvalue weighted by Crippen LogP contribution is 2.11. The normalized spacial score (nSPS) is 15.1. The van der Waals surface area contributed by atoms with Crippen molar-refractivity contribution in [1.82, 2.24) is 15.1 Å². The molecule has 0 bridgehead atoms. The molecule has 6 nitrogen and oxygen atoms in total. The molecule has 6 heteroatoms. The molecular weight excluding hydrogens is 306 g/mol. The number of carbonyl (C=O) groups excluding carboxylic acids is 2. The van der Waals surface area contributed by atoms with Crippen LogP contribution >= 0.6 is 0 Å². The monoisotopic (exact) mass is 327 g/mol. The Morgan fingerprint density at radius 1 is 1.17 bits per heavy atom. The van der Waals surface area contributed by atoms with Crippen molar-refractivity contribution in [2.24, 2.45) is 0 Å². The van der Waals surface area contributed by atoms with Crippen LogP contribution in [0.2, 0.25) is 0 Å². The number of nitrogens with zero attached hydrogens (tertiary/aromatic N) is 2. The fourth-order valence-electron chi connectivity index (χ4n) is 2.74. The van der Waals surface area contributed by atoms with E-state index in [-0.39, 0.29) is 24.9 Å². The second kappa shape index (κ2) is 7.79. The SMILES string of the molecule is O=C1CN(CC(=O)N(Cc2ccccc2)Cc2ccco2)CCN1. The fourth-order valence-corrected chi connectivity index (χ4v) is 2.74. The van der Waals surface area contributed by atoms with Gasteiger partial charge in [-0.2, -0.15) is 0 Å². The van der Waals surface area contributed by atoms with Crippen LogP contribution in [0.1, 0.15) is 11.3 Å². The topological polar surface area (TPSA) is 65.8 Å². The van der Waals surface area contributed by atoms with Crippen molar-refractivity contribution in [1.29, 1.82) is 0 Å². The summed E-state index contributed by atoms with van der Waals surface area (Å²) in [5, 5.41) is 2.77. The Balaban J connectivity index is 1.68. The van der Waals surface area contributed by atoms with Crippen molar-refractivity contribution in [3.05, 3.63) is 60.1 Å². The van der Waals surface area contributed by atoms with Gasteiger partial charge in [0.15, 0.2) is 0 Å². The third-order valence-corrected chi connectivity index (χ3v) is 3.97. The van der Waals surface area contributed by atoms with E-state index >= 15 is 0 Å². The first-order valence-electron chi connectivity index (χ1n) is 8.04. The average molecular weight is 327 g/mol. The highest BCUT2D eigenvalue weighted by Gasteiger charge is 2.22. The number of hydrogen-bond donors (Lipinski definition) is 1. The molecule has 2 heterocycles. The molecule has 0 unspecified atom stereocenters. The van der Waals surface area contributed by atoms with Gasteiger partial charge in [-0.3, -0.25) is 14.5 Å². The van der Waals surface area contributed by atoms with E-state index in [0.717, 1.165) is 11.3 Å². The quantitative estimate of drug-likeness (QED) is 0.867. The van der Waals surface area contributed by atoms with Crippen molar-refractivity contribution in [3.8, 4) is 0 Å². The van der Waals surface area contributed by atoms with Gasteiger partial charge in [0.2, 0.25) is 11.8 Å². The van der Waals surface area contributed by atoms with Crippen LogP contribution in [0.15, 0.2) is 53.1 Å². The van der Waals surface area contributed by atoms with Crippen molar-refractivity contribution < 1.29 is 14.0 Å². The fraction of sp³-hybridized carbons (Fsp3) is 0.333. The number of hydrogen-bond acceptors (Lipinski definition) is 4. The number of piperazine rings is 1. The molecule has 1 N–H and O–H groups in total. The van der Waals surface area contributed by atoms with Crippen molar-refractivity contribution in [2.45, 2.75) is 13.1 Å². The van der Waals surface area contributed by atoms with Crippen LogP contribution in [-0.2, 0) is 22.7 Å². The Kier molecular flexibility index (Phi) is 5.28. The van der Waals surface area contributed by atoms with E-state index in [9.17, 15) is 9.59 Å². The van der Waals surface area contributed by atoms with Crippen LogP contribution in [0.3, 0.4) is 0 Å². The van der Waals surface area contributed by atoms with Gasteiger partial charge in [-0.05, 0) is 17.7 Å². The molecule has 2 amide bonds. The van der Waals surface area contributed by atoms with E-state index in [4.69, 9.17) is 4.42 Å². The summed E-state index contributed by atoms with van der Waals surface area (Å²) >= 11 is 0. The zero-order valence-electron chi connectivity index (χ0n) is 13.5. The maximum atomic E-state index is 12.8. The lowest BCUT2D eigenvalue weighted by Gasteiger charge is -2.29. The van der Waals surface area contributed by atoms with Gasteiger partial charge in [-0.15, -0.1) is 0 Å². The minimum Gasteiger partial charge on any atom is -0.467 e. The van der Waals surface area contributed by atoms with Gasteiger partial charge >= 0.3 is 0 Å². The molecule has 0 saturated carbocycles. The first-order valence-corrected chi connectivity index (χ1v) is 8.04. The summed E-state index contributed by atoms with van der Waals surface area (Å²) in [6.07, 6.45) is 1.61. The smallest absolute Gasteiger partial charge is 0.237 e. The van der Waals surface area contributed by atoms with E-state index in [1.807, 2.05) is 47.4 Å². The predicted molar refractivity (Wildman–Crippen MR) is 88.9 cm³/mol. The van der Waals surface area contributed by atoms with Crippen LogP contribution in [0, 0.1) is 0 Å². The van der Waals surface area contributed by atoms with E-state index in [0.29, 0.717) is 26.2 Å². The van der Waals surface area contributed by atoms with E-state index < -0.39 is 0 Å². The van der Waals surface area contributed by atoms with Crippen molar-refractivity contribution in [3.63, 3.8) is 0 Å². The predicted octanol–water partition coefficient (Wildman–Crippen LogP) is 1.24. The third kappa shape index (κ3) is 4.45. The number of amides is 2. The molecule has 1 aromatic heterocycles. The summed E-state index contributed by atoms with van der Waals surface area (Å²) in [5.41, 5.74) is 1.06. The molecule has 0 atom stereocenters. The second-order valence-corrected chi connectivity index (χ2v) is 5.88. The number of rotatable bonds is 6. The average Bonchev–Trinajstić information content (AvgIpc) is 3.08. The Labute approximate surface area is 141 Å². The minimum atomic E-state index is -0.0327. The molecule has 24 heavy (non-hydrogen) atoms. The van der Waals surface area contributed by atoms with Crippen LogP contribution in [-0.4, -0.2) is 47.8 Å². The number of furan rings is 1. The summed E-state index contributed by atoms with van der Waals surface area (Å²) in [4.78, 5) is 27.9. The Hall–Kier alpha value is -2.60. The third-order valence-electron chi connectivity index (χ3n) is 3.97. The number of benzene rings is 1. The van der Waals surface area contributed by atoms with E-state index in [1.54, 1.807) is 11.2 Å². The van der Waals surface area contributed by atoms with Gasteiger partial charge < -0.3 is 14.6 Å². The Bertz CT molecular complexity index is 670. The van der Waals surface area contributed by atoms with Gasteiger partial charge in [0.1, 0.15) is 5.76 Å². The van der Waals surface area contributed by atoms with Gasteiger partial charge in [0, 0.05) is 19.6 Å². The molecule has 126 valence electrons. The molecule has 3 rings (SSSR count). The number of carbonyl (C=O) groups is 2. The van der Waals surface area contributed by atoms with E-state index in [1.165, 1.54) is 0 Å². The van der Waals surface area contributed by atoms with Crippen LogP contribution < -0.4 is 5.32 Å². The Morgan fingerprint density at radius 2 is 2.00 bits per heavy atom. The molecule has 2 aromatic rings. The summed E-state index contributed by atoms with van der Waals surface area (Å²) in [6, 6.07) is 13.5. The highest BCUT2D eigenvalue weighted by atomic mass is 16.3. The maximum Gasteiger partial charge on any atom is 0.237 e. The van der Waals surface area contributed by atoms with Crippen LogP contribution in [0.4, 0.5) is 0 Å². The molecule has 1 aliphatic heterocycles. The lowest BCUT2D eigenvalue weighted by Crippen LogP contribution is -2.51. The van der Waals surface area contributed by atoms with Gasteiger partial charge in [-0.1, -0.05) is 30.3 Å². The second-order valence-electron chi connectivity index (χ2n) is 5.88. The van der Waals surface area contributed by atoms with Crippen molar-refractivity contribution >= 4 is 11.8 Å². The minimum absolute atomic E-state index is 0.00930. The van der Waals surface area contributed by atoms with Gasteiger partial charge in [0.05, 0.1) is 25.9 Å². The first-order chi connectivity index (χ1) is 11.7. The summed E-state index contributed by atoms with van der Waals surface area (Å²) in [6.45, 7) is 2.72. The summed E-state index contributed by atoms with van der Waals surface area (Å²) in [7, 11) is 0. The molecule has 0 radical (unpaired) electrons. The molecule has 1 aromatic carbocycles. The van der Waals surface area contributed by atoms with E-state index in [2.05, 4.69) is 5.32 Å². The lowest BCUT2D eigenvalue weighted by atomic mass is 10.2. The molecule has 1 saturated heterocycles. The van der Waals surface area contributed by atoms with Gasteiger partial charge in [-0.25, -0.2) is 0 Å². The molecule has 1 fully saturated rings. The molecule has 1 aliphatic rings. The highest BCUT2D eigenvalue weighted by molar-refractivity contribution is 5.81. The van der Waals surface area contributed by atoms with Crippen LogP contribution in [0.5, 0.6) is 0 Å². The van der Waals surface area contributed by atoms with Gasteiger partial charge in [0.25, 0.3) is 0 Å². The number of nitrogens with one attached hydrogen (secondary N) is 1. The largest absolute Gasteiger partial charge is 0.467 e. The zero-order chi connectivity index (χ0) is 16.8. The maximum absolute atomic E-state index is 12.8. The zero-order valence-corrected chi connectivity index (χ0v) is 13.5.